The van der Waals surface area contributed by atoms with Gasteiger partial charge in [-0.05, 0) is 30.0 Å². The van der Waals surface area contributed by atoms with Crippen molar-refractivity contribution in [1.82, 2.24) is 0 Å². The average molecular weight is 192 g/mol. The molecule has 2 heteroatoms. The maximum atomic E-state index is 9.32. The minimum atomic E-state index is -0.0276. The first-order valence-corrected chi connectivity index (χ1v) is 5.26. The van der Waals surface area contributed by atoms with Crippen LogP contribution in [0.15, 0.2) is 18.2 Å². The van der Waals surface area contributed by atoms with Gasteiger partial charge in [-0.3, -0.25) is 0 Å². The van der Waals surface area contributed by atoms with Gasteiger partial charge in [-0.15, -0.1) is 0 Å². The van der Waals surface area contributed by atoms with Gasteiger partial charge in [-0.2, -0.15) is 0 Å². The van der Waals surface area contributed by atoms with E-state index in [0.29, 0.717) is 0 Å². The van der Waals surface area contributed by atoms with Gasteiger partial charge in [-0.25, -0.2) is 0 Å². The molecule has 2 rings (SSSR count). The van der Waals surface area contributed by atoms with Crippen molar-refractivity contribution in [3.63, 3.8) is 0 Å². The second kappa shape index (κ2) is 3.91. The lowest BCUT2D eigenvalue weighted by Gasteiger charge is -2.09. The molecular weight excluding hydrogens is 176 g/mol. The molecule has 14 heavy (non-hydrogen) atoms. The van der Waals surface area contributed by atoms with Crippen LogP contribution in [0.5, 0.6) is 11.5 Å². The number of benzene rings is 1. The van der Waals surface area contributed by atoms with Crippen molar-refractivity contribution in [2.75, 3.05) is 0 Å². The Morgan fingerprint density at radius 1 is 1.07 bits per heavy atom. The third kappa shape index (κ3) is 2.00. The van der Waals surface area contributed by atoms with Gasteiger partial charge in [0.1, 0.15) is 0 Å². The van der Waals surface area contributed by atoms with Crippen LogP contribution in [0.2, 0.25) is 0 Å². The van der Waals surface area contributed by atoms with Crippen molar-refractivity contribution in [3.05, 3.63) is 23.8 Å². The lowest BCUT2D eigenvalue weighted by Crippen LogP contribution is -1.98. The monoisotopic (exact) mass is 192 g/mol. The van der Waals surface area contributed by atoms with E-state index < -0.39 is 0 Å². The Morgan fingerprint density at radius 3 is 2.43 bits per heavy atom. The van der Waals surface area contributed by atoms with Crippen molar-refractivity contribution in [2.45, 2.75) is 32.1 Å². The highest BCUT2D eigenvalue weighted by Gasteiger charge is 2.15. The molecule has 1 aliphatic carbocycles. The zero-order valence-electron chi connectivity index (χ0n) is 8.24. The first-order chi connectivity index (χ1) is 6.75. The summed E-state index contributed by atoms with van der Waals surface area (Å²) in [6, 6.07) is 5.14. The highest BCUT2D eigenvalue weighted by atomic mass is 16.3. The molecule has 1 aromatic carbocycles. The molecule has 0 spiro atoms. The second-order valence-corrected chi connectivity index (χ2v) is 4.18. The van der Waals surface area contributed by atoms with Crippen LogP contribution in [0.4, 0.5) is 0 Å². The summed E-state index contributed by atoms with van der Waals surface area (Å²) in [5.41, 5.74) is 1.13. The summed E-state index contributed by atoms with van der Waals surface area (Å²) in [6.07, 6.45) is 6.33. The Bertz CT molecular complexity index is 314. The van der Waals surface area contributed by atoms with Gasteiger partial charge in [0.15, 0.2) is 11.5 Å². The molecule has 2 N–H and O–H groups in total. The molecule has 0 unspecified atom stereocenters. The van der Waals surface area contributed by atoms with Gasteiger partial charge in [0, 0.05) is 0 Å². The Kier molecular flexibility index (Phi) is 2.62. The topological polar surface area (TPSA) is 40.5 Å². The first-order valence-electron chi connectivity index (χ1n) is 5.26. The summed E-state index contributed by atoms with van der Waals surface area (Å²) in [6.45, 7) is 0. The van der Waals surface area contributed by atoms with E-state index in [9.17, 15) is 5.11 Å². The van der Waals surface area contributed by atoms with Crippen LogP contribution in [-0.2, 0) is 6.42 Å². The fourth-order valence-corrected chi connectivity index (χ4v) is 2.24. The van der Waals surface area contributed by atoms with E-state index in [1.165, 1.54) is 25.7 Å². The largest absolute Gasteiger partial charge is 0.504 e. The fourth-order valence-electron chi connectivity index (χ4n) is 2.24. The maximum Gasteiger partial charge on any atom is 0.157 e. The van der Waals surface area contributed by atoms with Gasteiger partial charge in [0.25, 0.3) is 0 Å². The highest BCUT2D eigenvalue weighted by Crippen LogP contribution is 2.31. The second-order valence-electron chi connectivity index (χ2n) is 4.18. The third-order valence-electron chi connectivity index (χ3n) is 3.04. The summed E-state index contributed by atoms with van der Waals surface area (Å²) >= 11 is 0. The minimum absolute atomic E-state index is 0.000460. The molecule has 0 radical (unpaired) electrons. The molecule has 0 bridgehead atoms. The number of aromatic hydroxyl groups is 2. The molecular formula is C12H16O2. The van der Waals surface area contributed by atoms with Crippen molar-refractivity contribution in [1.29, 1.82) is 0 Å². The summed E-state index contributed by atoms with van der Waals surface area (Å²) < 4.78 is 0. The van der Waals surface area contributed by atoms with E-state index in [2.05, 4.69) is 0 Å². The normalized spacial score (nSPS) is 17.4. The van der Waals surface area contributed by atoms with Crippen LogP contribution >= 0.6 is 0 Å². The summed E-state index contributed by atoms with van der Waals surface area (Å²) in [5.74, 6) is 0.750. The maximum absolute atomic E-state index is 9.32. The SMILES string of the molecule is Oc1ccc(CC2CCCC2)cc1O. The zero-order chi connectivity index (χ0) is 9.97. The van der Waals surface area contributed by atoms with Crippen molar-refractivity contribution < 1.29 is 10.2 Å². The van der Waals surface area contributed by atoms with Gasteiger partial charge in [-0.1, -0.05) is 31.7 Å². The third-order valence-corrected chi connectivity index (χ3v) is 3.04. The van der Waals surface area contributed by atoms with E-state index in [0.717, 1.165) is 17.9 Å². The number of phenols is 2. The molecule has 2 nitrogen and oxygen atoms in total. The van der Waals surface area contributed by atoms with E-state index in [1.54, 1.807) is 12.1 Å². The van der Waals surface area contributed by atoms with Gasteiger partial charge >= 0.3 is 0 Å². The number of hydrogen-bond acceptors (Lipinski definition) is 2. The molecule has 0 heterocycles. The predicted molar refractivity (Wildman–Crippen MR) is 55.4 cm³/mol. The fraction of sp³-hybridized carbons (Fsp3) is 0.500. The Balaban J connectivity index is 2.05. The van der Waals surface area contributed by atoms with Crippen LogP contribution in [-0.4, -0.2) is 10.2 Å². The molecule has 1 saturated carbocycles. The predicted octanol–water partition coefficient (Wildman–Crippen LogP) is 2.83. The quantitative estimate of drug-likeness (QED) is 0.707. The van der Waals surface area contributed by atoms with Crippen molar-refractivity contribution in [3.8, 4) is 11.5 Å². The van der Waals surface area contributed by atoms with Crippen LogP contribution in [0.25, 0.3) is 0 Å². The Labute approximate surface area is 84.2 Å². The van der Waals surface area contributed by atoms with Gasteiger partial charge in [0.05, 0.1) is 0 Å². The summed E-state index contributed by atoms with van der Waals surface area (Å²) in [4.78, 5) is 0. The molecule has 0 saturated heterocycles. The van der Waals surface area contributed by atoms with Crippen LogP contribution < -0.4 is 0 Å². The molecule has 0 aromatic heterocycles. The number of phenolic OH excluding ortho intramolecular Hbond substituents is 2. The molecule has 1 aliphatic rings. The number of hydrogen-bond donors (Lipinski definition) is 2. The van der Waals surface area contributed by atoms with Crippen LogP contribution in [0.3, 0.4) is 0 Å². The van der Waals surface area contributed by atoms with E-state index in [4.69, 9.17) is 5.11 Å². The lowest BCUT2D eigenvalue weighted by atomic mass is 9.98. The molecule has 0 aliphatic heterocycles. The standard InChI is InChI=1S/C12H16O2/c13-11-6-5-10(8-12(11)14)7-9-3-1-2-4-9/h5-6,8-9,13-14H,1-4,7H2. The van der Waals surface area contributed by atoms with E-state index in [1.807, 2.05) is 6.07 Å². The van der Waals surface area contributed by atoms with E-state index in [-0.39, 0.29) is 11.5 Å². The average Bonchev–Trinajstić information content (AvgIpc) is 2.64. The van der Waals surface area contributed by atoms with Crippen LogP contribution in [0, 0.1) is 5.92 Å². The van der Waals surface area contributed by atoms with Crippen molar-refractivity contribution >= 4 is 0 Å². The van der Waals surface area contributed by atoms with Crippen molar-refractivity contribution in [2.24, 2.45) is 5.92 Å². The Morgan fingerprint density at radius 2 is 1.79 bits per heavy atom. The van der Waals surface area contributed by atoms with Crippen LogP contribution in [0.1, 0.15) is 31.2 Å². The molecule has 0 atom stereocenters. The molecule has 1 aromatic rings. The first kappa shape index (κ1) is 9.38. The highest BCUT2D eigenvalue weighted by molar-refractivity contribution is 5.40. The molecule has 0 amide bonds. The Hall–Kier alpha value is -1.18. The lowest BCUT2D eigenvalue weighted by molar-refractivity contribution is 0.402. The number of rotatable bonds is 2. The molecule has 1 fully saturated rings. The summed E-state index contributed by atoms with van der Waals surface area (Å²) in [5, 5.41) is 18.5. The van der Waals surface area contributed by atoms with E-state index >= 15 is 0 Å². The molecule has 76 valence electrons. The van der Waals surface area contributed by atoms with Gasteiger partial charge < -0.3 is 10.2 Å². The summed E-state index contributed by atoms with van der Waals surface area (Å²) in [7, 11) is 0. The van der Waals surface area contributed by atoms with Gasteiger partial charge in [0.2, 0.25) is 0 Å². The minimum Gasteiger partial charge on any atom is -0.504 e. The zero-order valence-corrected chi connectivity index (χ0v) is 8.24. The smallest absolute Gasteiger partial charge is 0.157 e.